The van der Waals surface area contributed by atoms with Gasteiger partial charge in [-0.1, -0.05) is 26.0 Å². The summed E-state index contributed by atoms with van der Waals surface area (Å²) in [6.07, 6.45) is 1.46. The molecule has 2 aromatic rings. The molecule has 0 aromatic heterocycles. The van der Waals surface area contributed by atoms with E-state index < -0.39 is 10.0 Å². The van der Waals surface area contributed by atoms with Crippen molar-refractivity contribution in [2.45, 2.75) is 51.5 Å². The SMILES string of the molecule is CCCN(CCC)S(=O)(=O)c1ccc(NC(=O)c2ccccc2OC(C)C)cc1. The quantitative estimate of drug-likeness (QED) is 0.615. The first kappa shape index (κ1) is 22.9. The Bertz CT molecular complexity index is 903. The molecule has 1 N–H and O–H groups in total. The van der Waals surface area contributed by atoms with Crippen molar-refractivity contribution in [1.82, 2.24) is 4.31 Å². The normalized spacial score (nSPS) is 11.7. The van der Waals surface area contributed by atoms with Gasteiger partial charge in [-0.15, -0.1) is 0 Å². The van der Waals surface area contributed by atoms with Crippen LogP contribution in [0.25, 0.3) is 0 Å². The molecule has 6 nitrogen and oxygen atoms in total. The molecule has 0 aliphatic carbocycles. The molecular weight excluding hydrogens is 388 g/mol. The van der Waals surface area contributed by atoms with E-state index >= 15 is 0 Å². The highest BCUT2D eigenvalue weighted by Gasteiger charge is 2.23. The van der Waals surface area contributed by atoms with Crippen molar-refractivity contribution in [2.75, 3.05) is 18.4 Å². The summed E-state index contributed by atoms with van der Waals surface area (Å²) in [5.74, 6) is 0.199. The van der Waals surface area contributed by atoms with E-state index in [0.717, 1.165) is 12.8 Å². The number of sulfonamides is 1. The van der Waals surface area contributed by atoms with Gasteiger partial charge in [0.15, 0.2) is 0 Å². The Hall–Kier alpha value is -2.38. The van der Waals surface area contributed by atoms with Gasteiger partial charge in [-0.05, 0) is 63.1 Å². The minimum Gasteiger partial charge on any atom is -0.490 e. The van der Waals surface area contributed by atoms with E-state index in [1.165, 1.54) is 16.4 Å². The molecule has 0 saturated carbocycles. The van der Waals surface area contributed by atoms with Crippen LogP contribution < -0.4 is 10.1 Å². The first-order chi connectivity index (χ1) is 13.8. The Morgan fingerprint density at radius 2 is 1.59 bits per heavy atom. The van der Waals surface area contributed by atoms with E-state index in [1.807, 2.05) is 33.8 Å². The largest absolute Gasteiger partial charge is 0.490 e. The summed E-state index contributed by atoms with van der Waals surface area (Å²) in [6, 6.07) is 13.3. The number of carbonyl (C=O) groups is 1. The van der Waals surface area contributed by atoms with Crippen molar-refractivity contribution in [2.24, 2.45) is 0 Å². The molecule has 158 valence electrons. The number of nitrogens with zero attached hydrogens (tertiary/aromatic N) is 1. The van der Waals surface area contributed by atoms with Crippen LogP contribution in [0.3, 0.4) is 0 Å². The van der Waals surface area contributed by atoms with Crippen LogP contribution in [0, 0.1) is 0 Å². The Balaban J connectivity index is 2.18. The lowest BCUT2D eigenvalue weighted by Gasteiger charge is -2.21. The first-order valence-electron chi connectivity index (χ1n) is 9.96. The second-order valence-electron chi connectivity index (χ2n) is 7.05. The lowest BCUT2D eigenvalue weighted by atomic mass is 10.1. The van der Waals surface area contributed by atoms with E-state index in [0.29, 0.717) is 30.1 Å². The number of nitrogens with one attached hydrogen (secondary N) is 1. The van der Waals surface area contributed by atoms with E-state index in [1.54, 1.807) is 30.3 Å². The lowest BCUT2D eigenvalue weighted by molar-refractivity contribution is 0.102. The third-order valence-electron chi connectivity index (χ3n) is 4.19. The summed E-state index contributed by atoms with van der Waals surface area (Å²) >= 11 is 0. The fourth-order valence-corrected chi connectivity index (χ4v) is 4.54. The highest BCUT2D eigenvalue weighted by molar-refractivity contribution is 7.89. The molecule has 0 heterocycles. The van der Waals surface area contributed by atoms with Gasteiger partial charge in [0.2, 0.25) is 10.0 Å². The maximum atomic E-state index is 12.8. The van der Waals surface area contributed by atoms with Gasteiger partial charge in [-0.2, -0.15) is 4.31 Å². The number of rotatable bonds is 10. The summed E-state index contributed by atoms with van der Waals surface area (Å²) in [7, 11) is -3.54. The van der Waals surface area contributed by atoms with Crippen molar-refractivity contribution in [3.63, 3.8) is 0 Å². The van der Waals surface area contributed by atoms with Crippen molar-refractivity contribution < 1.29 is 17.9 Å². The molecule has 29 heavy (non-hydrogen) atoms. The number of hydrogen-bond donors (Lipinski definition) is 1. The summed E-state index contributed by atoms with van der Waals surface area (Å²) in [5, 5.41) is 2.80. The second kappa shape index (κ2) is 10.4. The van der Waals surface area contributed by atoms with Crippen LogP contribution in [-0.4, -0.2) is 37.8 Å². The van der Waals surface area contributed by atoms with Crippen LogP contribution in [0.1, 0.15) is 50.9 Å². The minimum absolute atomic E-state index is 0.0531. The van der Waals surface area contributed by atoms with Crippen molar-refractivity contribution in [3.8, 4) is 5.75 Å². The van der Waals surface area contributed by atoms with Crippen molar-refractivity contribution >= 4 is 21.6 Å². The van der Waals surface area contributed by atoms with Crippen molar-refractivity contribution in [3.05, 3.63) is 54.1 Å². The summed E-state index contributed by atoms with van der Waals surface area (Å²) in [6.45, 7) is 8.68. The number of amides is 1. The number of anilines is 1. The number of para-hydroxylation sites is 1. The minimum atomic E-state index is -3.54. The number of hydrogen-bond acceptors (Lipinski definition) is 4. The number of ether oxygens (including phenoxy) is 1. The molecule has 0 bridgehead atoms. The summed E-state index contributed by atoms with van der Waals surface area (Å²) in [5.41, 5.74) is 0.945. The fourth-order valence-electron chi connectivity index (χ4n) is 2.92. The van der Waals surface area contributed by atoms with E-state index in [4.69, 9.17) is 4.74 Å². The van der Waals surface area contributed by atoms with Gasteiger partial charge in [0, 0.05) is 18.8 Å². The molecule has 2 rings (SSSR count). The molecule has 0 radical (unpaired) electrons. The molecule has 0 fully saturated rings. The Labute approximate surface area is 173 Å². The zero-order chi connectivity index (χ0) is 21.4. The van der Waals surface area contributed by atoms with E-state index in [9.17, 15) is 13.2 Å². The van der Waals surface area contributed by atoms with Gasteiger partial charge in [0.05, 0.1) is 16.6 Å². The molecular formula is C22H30N2O4S. The van der Waals surface area contributed by atoms with Crippen molar-refractivity contribution in [1.29, 1.82) is 0 Å². The molecule has 0 aliphatic rings. The van der Waals surface area contributed by atoms with Gasteiger partial charge in [-0.3, -0.25) is 4.79 Å². The molecule has 7 heteroatoms. The molecule has 0 spiro atoms. The maximum absolute atomic E-state index is 12.8. The zero-order valence-electron chi connectivity index (χ0n) is 17.5. The van der Waals surface area contributed by atoms with E-state index in [-0.39, 0.29) is 16.9 Å². The topological polar surface area (TPSA) is 75.7 Å². The molecule has 0 aliphatic heterocycles. The van der Waals surface area contributed by atoms with Gasteiger partial charge >= 0.3 is 0 Å². The third-order valence-corrected chi connectivity index (χ3v) is 6.10. The highest BCUT2D eigenvalue weighted by Crippen LogP contribution is 2.23. The van der Waals surface area contributed by atoms with E-state index in [2.05, 4.69) is 5.32 Å². The molecule has 1 amide bonds. The first-order valence-corrected chi connectivity index (χ1v) is 11.4. The number of benzene rings is 2. The maximum Gasteiger partial charge on any atom is 0.259 e. The Kier molecular flexibility index (Phi) is 8.22. The number of carbonyl (C=O) groups excluding carboxylic acids is 1. The van der Waals surface area contributed by atoms with Crippen LogP contribution in [-0.2, 0) is 10.0 Å². The van der Waals surface area contributed by atoms with Crippen LogP contribution in [0.2, 0.25) is 0 Å². The zero-order valence-corrected chi connectivity index (χ0v) is 18.3. The summed E-state index contributed by atoms with van der Waals surface area (Å²) in [4.78, 5) is 12.9. The molecule has 0 atom stereocenters. The predicted molar refractivity (Wildman–Crippen MR) is 116 cm³/mol. The average Bonchev–Trinajstić information content (AvgIpc) is 2.68. The summed E-state index contributed by atoms with van der Waals surface area (Å²) < 4.78 is 32.9. The Morgan fingerprint density at radius 3 is 2.14 bits per heavy atom. The van der Waals surface area contributed by atoms with Gasteiger partial charge in [0.1, 0.15) is 5.75 Å². The average molecular weight is 419 g/mol. The van der Waals surface area contributed by atoms with Gasteiger partial charge in [-0.25, -0.2) is 8.42 Å². The lowest BCUT2D eigenvalue weighted by Crippen LogP contribution is -2.32. The Morgan fingerprint density at radius 1 is 1.00 bits per heavy atom. The highest BCUT2D eigenvalue weighted by atomic mass is 32.2. The molecule has 0 unspecified atom stereocenters. The molecule has 0 saturated heterocycles. The fraction of sp³-hybridized carbons (Fsp3) is 0.409. The monoisotopic (exact) mass is 418 g/mol. The smallest absolute Gasteiger partial charge is 0.259 e. The third kappa shape index (κ3) is 6.05. The van der Waals surface area contributed by atoms with Gasteiger partial charge < -0.3 is 10.1 Å². The van der Waals surface area contributed by atoms with Gasteiger partial charge in [0.25, 0.3) is 5.91 Å². The van der Waals surface area contributed by atoms with Crippen LogP contribution in [0.5, 0.6) is 5.75 Å². The predicted octanol–water partition coefficient (Wildman–Crippen LogP) is 4.54. The van der Waals surface area contributed by atoms with Crippen LogP contribution in [0.4, 0.5) is 5.69 Å². The van der Waals surface area contributed by atoms with Crippen LogP contribution >= 0.6 is 0 Å². The standard InChI is InChI=1S/C22H30N2O4S/c1-5-15-24(16-6-2)29(26,27)19-13-11-18(12-14-19)23-22(25)20-9-7-8-10-21(20)28-17(3)4/h7-14,17H,5-6,15-16H2,1-4H3,(H,23,25). The second-order valence-corrected chi connectivity index (χ2v) is 8.98. The molecule has 2 aromatic carbocycles. The van der Waals surface area contributed by atoms with Crippen LogP contribution in [0.15, 0.2) is 53.4 Å².